The lowest BCUT2D eigenvalue weighted by molar-refractivity contribution is 0.305. The van der Waals surface area contributed by atoms with Crippen LogP contribution in [0, 0.1) is 6.92 Å². The Labute approximate surface area is 124 Å². The van der Waals surface area contributed by atoms with Crippen LogP contribution in [-0.2, 0) is 6.61 Å². The molecule has 0 aliphatic heterocycles. The van der Waals surface area contributed by atoms with Crippen molar-refractivity contribution in [3.63, 3.8) is 0 Å². The minimum atomic E-state index is -0.0653. The summed E-state index contributed by atoms with van der Waals surface area (Å²) >= 11 is 0. The van der Waals surface area contributed by atoms with E-state index in [4.69, 9.17) is 16.2 Å². The highest BCUT2D eigenvalue weighted by molar-refractivity contribution is 5.81. The number of ether oxygens (including phenoxy) is 1. The second-order valence-electron chi connectivity index (χ2n) is 4.55. The van der Waals surface area contributed by atoms with Gasteiger partial charge in [0.15, 0.2) is 0 Å². The highest BCUT2D eigenvalue weighted by Crippen LogP contribution is 2.15. The van der Waals surface area contributed by atoms with Gasteiger partial charge >= 0.3 is 0 Å². The molecule has 0 aliphatic carbocycles. The Morgan fingerprint density at radius 3 is 2.48 bits per heavy atom. The predicted octanol–water partition coefficient (Wildman–Crippen LogP) is 2.18. The van der Waals surface area contributed by atoms with Crippen LogP contribution < -0.4 is 16.2 Å². The lowest BCUT2D eigenvalue weighted by Gasteiger charge is -2.08. The molecule has 0 aliphatic rings. The number of hydrogen-bond donors (Lipinski definition) is 2. The first-order valence-electron chi connectivity index (χ1n) is 6.54. The summed E-state index contributed by atoms with van der Waals surface area (Å²) in [5, 5.41) is 7.29. The molecule has 2 rings (SSSR count). The third-order valence-corrected chi connectivity index (χ3v) is 2.92. The van der Waals surface area contributed by atoms with Crippen molar-refractivity contribution in [3.8, 4) is 5.75 Å². The van der Waals surface area contributed by atoms with Gasteiger partial charge in [-0.05, 0) is 47.9 Å². The summed E-state index contributed by atoms with van der Waals surface area (Å²) in [6, 6.07) is 15.7. The summed E-state index contributed by atoms with van der Waals surface area (Å²) in [7, 11) is 0. The first kappa shape index (κ1) is 14.6. The van der Waals surface area contributed by atoms with Crippen molar-refractivity contribution in [3.05, 3.63) is 65.2 Å². The SMILES string of the molecule is Cc1ccccc1COc1ccc(/C=N/N=C(N)N)cc1. The number of hydrogen-bond acceptors (Lipinski definition) is 3. The Morgan fingerprint density at radius 2 is 1.81 bits per heavy atom. The van der Waals surface area contributed by atoms with E-state index in [0.717, 1.165) is 11.3 Å². The van der Waals surface area contributed by atoms with Crippen LogP contribution in [0.25, 0.3) is 0 Å². The molecular formula is C16H18N4O. The molecule has 4 N–H and O–H groups in total. The first-order chi connectivity index (χ1) is 10.1. The third-order valence-electron chi connectivity index (χ3n) is 2.92. The van der Waals surface area contributed by atoms with Crippen LogP contribution in [0.4, 0.5) is 0 Å². The van der Waals surface area contributed by atoms with E-state index in [9.17, 15) is 0 Å². The molecule has 0 atom stereocenters. The van der Waals surface area contributed by atoms with E-state index in [2.05, 4.69) is 29.3 Å². The molecule has 5 heteroatoms. The van der Waals surface area contributed by atoms with Crippen molar-refractivity contribution in [2.24, 2.45) is 21.7 Å². The zero-order valence-electron chi connectivity index (χ0n) is 11.9. The van der Waals surface area contributed by atoms with Crippen LogP contribution in [0.5, 0.6) is 5.75 Å². The van der Waals surface area contributed by atoms with Crippen molar-refractivity contribution in [2.75, 3.05) is 0 Å². The van der Waals surface area contributed by atoms with Gasteiger partial charge in [0.05, 0.1) is 6.21 Å². The van der Waals surface area contributed by atoms with Crippen molar-refractivity contribution in [2.45, 2.75) is 13.5 Å². The number of nitrogens with zero attached hydrogens (tertiary/aromatic N) is 2. The highest BCUT2D eigenvalue weighted by atomic mass is 16.5. The van der Waals surface area contributed by atoms with Gasteiger partial charge in [0, 0.05) is 0 Å². The van der Waals surface area contributed by atoms with Gasteiger partial charge in [-0.2, -0.15) is 5.10 Å². The maximum Gasteiger partial charge on any atom is 0.211 e. The normalized spacial score (nSPS) is 10.5. The third kappa shape index (κ3) is 4.65. The van der Waals surface area contributed by atoms with Gasteiger partial charge in [-0.3, -0.25) is 0 Å². The smallest absolute Gasteiger partial charge is 0.211 e. The number of aryl methyl sites for hydroxylation is 1. The maximum atomic E-state index is 5.76. The lowest BCUT2D eigenvalue weighted by atomic mass is 10.1. The summed E-state index contributed by atoms with van der Waals surface area (Å²) < 4.78 is 5.76. The molecule has 0 bridgehead atoms. The quantitative estimate of drug-likeness (QED) is 0.500. The molecule has 0 spiro atoms. The molecule has 2 aromatic carbocycles. The Kier molecular flexibility index (Phi) is 4.93. The molecule has 108 valence electrons. The lowest BCUT2D eigenvalue weighted by Crippen LogP contribution is -2.21. The number of benzene rings is 2. The molecule has 0 heterocycles. The molecule has 0 saturated carbocycles. The summed E-state index contributed by atoms with van der Waals surface area (Å²) in [5.41, 5.74) is 13.7. The minimum absolute atomic E-state index is 0.0653. The molecule has 5 nitrogen and oxygen atoms in total. The van der Waals surface area contributed by atoms with Crippen molar-refractivity contribution < 1.29 is 4.74 Å². The van der Waals surface area contributed by atoms with E-state index in [-0.39, 0.29) is 5.96 Å². The zero-order chi connectivity index (χ0) is 15.1. The van der Waals surface area contributed by atoms with E-state index in [0.29, 0.717) is 6.61 Å². The van der Waals surface area contributed by atoms with Gasteiger partial charge in [-0.15, -0.1) is 5.10 Å². The predicted molar refractivity (Wildman–Crippen MR) is 85.4 cm³/mol. The Bertz CT molecular complexity index is 644. The molecule has 0 aromatic heterocycles. The molecule has 0 saturated heterocycles. The van der Waals surface area contributed by atoms with E-state index >= 15 is 0 Å². The first-order valence-corrected chi connectivity index (χ1v) is 6.54. The van der Waals surface area contributed by atoms with Crippen LogP contribution >= 0.6 is 0 Å². The fourth-order valence-electron chi connectivity index (χ4n) is 1.75. The van der Waals surface area contributed by atoms with Crippen LogP contribution in [0.3, 0.4) is 0 Å². The van der Waals surface area contributed by atoms with Crippen LogP contribution in [0.2, 0.25) is 0 Å². The zero-order valence-corrected chi connectivity index (χ0v) is 11.9. The summed E-state index contributed by atoms with van der Waals surface area (Å²) in [6.07, 6.45) is 1.57. The second-order valence-corrected chi connectivity index (χ2v) is 4.55. The van der Waals surface area contributed by atoms with Crippen LogP contribution in [0.1, 0.15) is 16.7 Å². The summed E-state index contributed by atoms with van der Waals surface area (Å²) in [4.78, 5) is 0. The van der Waals surface area contributed by atoms with Crippen LogP contribution in [0.15, 0.2) is 58.7 Å². The Morgan fingerprint density at radius 1 is 1.10 bits per heavy atom. The molecule has 0 amide bonds. The molecular weight excluding hydrogens is 264 g/mol. The fourth-order valence-corrected chi connectivity index (χ4v) is 1.75. The van der Waals surface area contributed by atoms with Crippen molar-refractivity contribution >= 4 is 12.2 Å². The van der Waals surface area contributed by atoms with E-state index in [1.807, 2.05) is 36.4 Å². The Balaban J connectivity index is 1.95. The summed E-state index contributed by atoms with van der Waals surface area (Å²) in [5.74, 6) is 0.738. The minimum Gasteiger partial charge on any atom is -0.489 e. The van der Waals surface area contributed by atoms with Gasteiger partial charge < -0.3 is 16.2 Å². The standard InChI is InChI=1S/C16H18N4O/c1-12-4-2-3-5-14(12)11-21-15-8-6-13(7-9-15)10-19-20-16(17)18/h2-10H,11H2,1H3,(H4,17,18,20)/b19-10+. The van der Waals surface area contributed by atoms with Crippen molar-refractivity contribution in [1.29, 1.82) is 0 Å². The topological polar surface area (TPSA) is 86.0 Å². The van der Waals surface area contributed by atoms with Gasteiger partial charge in [0.25, 0.3) is 0 Å². The Hall–Kier alpha value is -2.82. The maximum absolute atomic E-state index is 5.76. The number of nitrogens with two attached hydrogens (primary N) is 2. The van der Waals surface area contributed by atoms with Gasteiger partial charge in [-0.1, -0.05) is 24.3 Å². The molecule has 21 heavy (non-hydrogen) atoms. The summed E-state index contributed by atoms with van der Waals surface area (Å²) in [6.45, 7) is 2.62. The van der Waals surface area contributed by atoms with E-state index in [1.54, 1.807) is 6.21 Å². The van der Waals surface area contributed by atoms with E-state index in [1.165, 1.54) is 11.1 Å². The average Bonchev–Trinajstić information content (AvgIpc) is 2.47. The molecule has 0 fully saturated rings. The fraction of sp³-hybridized carbons (Fsp3) is 0.125. The van der Waals surface area contributed by atoms with Gasteiger partial charge in [0.1, 0.15) is 12.4 Å². The largest absolute Gasteiger partial charge is 0.489 e. The molecule has 0 radical (unpaired) electrons. The molecule has 2 aromatic rings. The van der Waals surface area contributed by atoms with Crippen LogP contribution in [-0.4, -0.2) is 12.2 Å². The highest BCUT2D eigenvalue weighted by Gasteiger charge is 1.99. The van der Waals surface area contributed by atoms with Gasteiger partial charge in [-0.25, -0.2) is 0 Å². The number of guanidine groups is 1. The second kappa shape index (κ2) is 7.09. The monoisotopic (exact) mass is 282 g/mol. The van der Waals surface area contributed by atoms with Crippen molar-refractivity contribution in [1.82, 2.24) is 0 Å². The van der Waals surface area contributed by atoms with Gasteiger partial charge in [0.2, 0.25) is 5.96 Å². The molecule has 0 unspecified atom stereocenters. The number of rotatable bonds is 5. The average molecular weight is 282 g/mol. The van der Waals surface area contributed by atoms with E-state index < -0.39 is 0 Å².